The molecule has 0 aliphatic heterocycles. The molecule has 0 radical (unpaired) electrons. The van der Waals surface area contributed by atoms with Crippen molar-refractivity contribution in [1.82, 2.24) is 20.8 Å². The molecule has 0 spiro atoms. The van der Waals surface area contributed by atoms with Crippen LogP contribution in [0.25, 0.3) is 10.9 Å². The Hall–Kier alpha value is -2.87. The topological polar surface area (TPSA) is 97.1 Å². The summed E-state index contributed by atoms with van der Waals surface area (Å²) in [6, 6.07) is 11.0. The molecule has 2 aromatic heterocycles. The van der Waals surface area contributed by atoms with Gasteiger partial charge in [0.15, 0.2) is 5.76 Å². The molecule has 1 saturated carbocycles. The number of hydrazine groups is 1. The van der Waals surface area contributed by atoms with Crippen molar-refractivity contribution in [3.8, 4) is 0 Å². The van der Waals surface area contributed by atoms with E-state index in [-0.39, 0.29) is 17.4 Å². The summed E-state index contributed by atoms with van der Waals surface area (Å²) in [4.78, 5) is 33.6. The molecule has 8 heteroatoms. The number of carbonyl (C=O) groups excluding carboxylic acids is 2. The smallest absolute Gasteiger partial charge is 0.305 e. The van der Waals surface area contributed by atoms with Gasteiger partial charge in [-0.2, -0.15) is 0 Å². The first-order valence-electron chi connectivity index (χ1n) is 9.73. The molecule has 0 unspecified atom stereocenters. The maximum Gasteiger partial charge on any atom is 0.305 e. The van der Waals surface area contributed by atoms with Gasteiger partial charge < -0.3 is 4.42 Å². The van der Waals surface area contributed by atoms with E-state index in [1.165, 1.54) is 43.4 Å². The number of aromatic nitrogens is 2. The predicted molar refractivity (Wildman–Crippen MR) is 110 cm³/mol. The number of amides is 2. The van der Waals surface area contributed by atoms with Gasteiger partial charge in [0, 0.05) is 11.3 Å². The second kappa shape index (κ2) is 9.09. The third-order valence-corrected chi connectivity index (χ3v) is 5.95. The zero-order chi connectivity index (χ0) is 20.1. The summed E-state index contributed by atoms with van der Waals surface area (Å²) in [6.07, 6.45) is 7.32. The second-order valence-electron chi connectivity index (χ2n) is 7.01. The minimum absolute atomic E-state index is 0.129. The van der Waals surface area contributed by atoms with Gasteiger partial charge in [0.25, 0.3) is 0 Å². The Bertz CT molecular complexity index is 1000. The van der Waals surface area contributed by atoms with Crippen molar-refractivity contribution >= 4 is 34.5 Å². The number of para-hydroxylation sites is 1. The number of hydrogen-bond donors (Lipinski definition) is 2. The SMILES string of the molecule is O=C(CSc1nc(C2CCCCC2)nc2ccccc12)NNC(=O)c1ccco1. The number of nitrogens with one attached hydrogen (secondary N) is 2. The first-order valence-corrected chi connectivity index (χ1v) is 10.7. The standard InChI is InChI=1S/C21H22N4O3S/c26-18(24-25-20(27)17-11-6-12-28-17)13-29-21-15-9-4-5-10-16(15)22-19(23-21)14-7-2-1-3-8-14/h4-6,9-12,14H,1-3,7-8,13H2,(H,24,26)(H,25,27). The van der Waals surface area contributed by atoms with E-state index in [0.717, 1.165) is 34.6 Å². The lowest BCUT2D eigenvalue weighted by Crippen LogP contribution is -2.42. The lowest BCUT2D eigenvalue weighted by molar-refractivity contribution is -0.119. The van der Waals surface area contributed by atoms with Crippen LogP contribution in [0, 0.1) is 0 Å². The van der Waals surface area contributed by atoms with Crippen molar-refractivity contribution in [2.75, 3.05) is 5.75 Å². The van der Waals surface area contributed by atoms with Gasteiger partial charge in [-0.15, -0.1) is 0 Å². The molecule has 150 valence electrons. The Balaban J connectivity index is 1.43. The van der Waals surface area contributed by atoms with E-state index in [9.17, 15) is 9.59 Å². The fourth-order valence-corrected chi connectivity index (χ4v) is 4.31. The van der Waals surface area contributed by atoms with Crippen molar-refractivity contribution in [1.29, 1.82) is 0 Å². The molecule has 3 aromatic rings. The molecule has 1 fully saturated rings. The lowest BCUT2D eigenvalue weighted by Gasteiger charge is -2.21. The molecule has 0 bridgehead atoms. The number of benzene rings is 1. The van der Waals surface area contributed by atoms with Crippen LogP contribution >= 0.6 is 11.8 Å². The average Bonchev–Trinajstić information content (AvgIpc) is 3.31. The van der Waals surface area contributed by atoms with Crippen molar-refractivity contribution in [3.05, 3.63) is 54.2 Å². The van der Waals surface area contributed by atoms with Gasteiger partial charge in [0.05, 0.1) is 17.5 Å². The van der Waals surface area contributed by atoms with Crippen LogP contribution in [-0.2, 0) is 4.79 Å². The second-order valence-corrected chi connectivity index (χ2v) is 7.97. The predicted octanol–water partition coefficient (Wildman–Crippen LogP) is 3.82. The third kappa shape index (κ3) is 4.76. The Morgan fingerprint density at radius 3 is 2.66 bits per heavy atom. The molecule has 0 atom stereocenters. The Kier molecular flexibility index (Phi) is 6.09. The minimum Gasteiger partial charge on any atom is -0.459 e. The van der Waals surface area contributed by atoms with Crippen LogP contribution in [0.2, 0.25) is 0 Å². The first kappa shape index (κ1) is 19.4. The van der Waals surface area contributed by atoms with Gasteiger partial charge in [0.2, 0.25) is 5.91 Å². The molecule has 29 heavy (non-hydrogen) atoms. The minimum atomic E-state index is -0.500. The quantitative estimate of drug-likeness (QED) is 0.377. The summed E-state index contributed by atoms with van der Waals surface area (Å²) in [5, 5.41) is 1.73. The summed E-state index contributed by atoms with van der Waals surface area (Å²) in [6.45, 7) is 0. The number of furan rings is 1. The number of thioether (sulfide) groups is 1. The highest BCUT2D eigenvalue weighted by Crippen LogP contribution is 2.33. The number of hydrogen-bond acceptors (Lipinski definition) is 6. The molecule has 2 N–H and O–H groups in total. The maximum absolute atomic E-state index is 12.2. The van der Waals surface area contributed by atoms with Crippen molar-refractivity contribution < 1.29 is 14.0 Å². The van der Waals surface area contributed by atoms with Crippen LogP contribution in [-0.4, -0.2) is 27.5 Å². The number of carbonyl (C=O) groups is 2. The van der Waals surface area contributed by atoms with E-state index in [0.29, 0.717) is 5.92 Å². The van der Waals surface area contributed by atoms with Crippen LogP contribution in [0.4, 0.5) is 0 Å². The summed E-state index contributed by atoms with van der Waals surface area (Å²) in [5.41, 5.74) is 5.65. The van der Waals surface area contributed by atoms with Crippen LogP contribution in [0.5, 0.6) is 0 Å². The van der Waals surface area contributed by atoms with Gasteiger partial charge in [-0.3, -0.25) is 20.4 Å². The van der Waals surface area contributed by atoms with Crippen molar-refractivity contribution in [3.63, 3.8) is 0 Å². The fourth-order valence-electron chi connectivity index (χ4n) is 3.48. The Morgan fingerprint density at radius 2 is 1.86 bits per heavy atom. The normalized spacial score (nSPS) is 14.6. The molecule has 1 aromatic carbocycles. The van der Waals surface area contributed by atoms with Crippen molar-refractivity contribution in [2.45, 2.75) is 43.0 Å². The molecular weight excluding hydrogens is 388 g/mol. The van der Waals surface area contributed by atoms with E-state index in [2.05, 4.69) is 10.9 Å². The van der Waals surface area contributed by atoms with Gasteiger partial charge in [-0.25, -0.2) is 9.97 Å². The maximum atomic E-state index is 12.2. The van der Waals surface area contributed by atoms with E-state index in [4.69, 9.17) is 14.4 Å². The van der Waals surface area contributed by atoms with Crippen LogP contribution in [0.1, 0.15) is 54.4 Å². The highest BCUT2D eigenvalue weighted by atomic mass is 32.2. The summed E-state index contributed by atoms with van der Waals surface area (Å²) < 4.78 is 4.99. The number of nitrogens with zero attached hydrogens (tertiary/aromatic N) is 2. The van der Waals surface area contributed by atoms with Gasteiger partial charge >= 0.3 is 5.91 Å². The van der Waals surface area contributed by atoms with E-state index in [1.54, 1.807) is 6.07 Å². The fraction of sp³-hybridized carbons (Fsp3) is 0.333. The van der Waals surface area contributed by atoms with E-state index in [1.807, 2.05) is 24.3 Å². The molecule has 2 amide bonds. The molecule has 1 aliphatic rings. The molecule has 0 saturated heterocycles. The molecule has 2 heterocycles. The van der Waals surface area contributed by atoms with E-state index < -0.39 is 5.91 Å². The summed E-state index contributed by atoms with van der Waals surface area (Å²) >= 11 is 1.35. The average molecular weight is 410 g/mol. The van der Waals surface area contributed by atoms with E-state index >= 15 is 0 Å². The monoisotopic (exact) mass is 410 g/mol. The van der Waals surface area contributed by atoms with Crippen LogP contribution in [0.15, 0.2) is 52.1 Å². The zero-order valence-electron chi connectivity index (χ0n) is 15.9. The van der Waals surface area contributed by atoms with Gasteiger partial charge in [0.1, 0.15) is 10.9 Å². The largest absolute Gasteiger partial charge is 0.459 e. The number of fused-ring (bicyclic) bond motifs is 1. The van der Waals surface area contributed by atoms with Crippen LogP contribution < -0.4 is 10.9 Å². The molecule has 1 aliphatic carbocycles. The Labute approximate surface area is 172 Å². The number of rotatable bonds is 5. The summed E-state index contributed by atoms with van der Waals surface area (Å²) in [5.74, 6) is 0.699. The van der Waals surface area contributed by atoms with Crippen molar-refractivity contribution in [2.24, 2.45) is 0 Å². The molecular formula is C21H22N4O3S. The highest BCUT2D eigenvalue weighted by Gasteiger charge is 2.20. The zero-order valence-corrected chi connectivity index (χ0v) is 16.7. The first-order chi connectivity index (χ1) is 14.2. The Morgan fingerprint density at radius 1 is 1.03 bits per heavy atom. The van der Waals surface area contributed by atoms with Gasteiger partial charge in [-0.1, -0.05) is 49.2 Å². The highest BCUT2D eigenvalue weighted by molar-refractivity contribution is 8.00. The van der Waals surface area contributed by atoms with Crippen LogP contribution in [0.3, 0.4) is 0 Å². The van der Waals surface area contributed by atoms with Gasteiger partial charge in [-0.05, 0) is 31.0 Å². The summed E-state index contributed by atoms with van der Waals surface area (Å²) in [7, 11) is 0. The third-order valence-electron chi connectivity index (χ3n) is 4.96. The lowest BCUT2D eigenvalue weighted by atomic mass is 9.88. The molecule has 4 rings (SSSR count). The molecule has 7 nitrogen and oxygen atoms in total.